The highest BCUT2D eigenvalue weighted by Gasteiger charge is 2.39. The molecule has 2 atom stereocenters. The second-order valence-electron chi connectivity index (χ2n) is 7.08. The van der Waals surface area contributed by atoms with Crippen molar-refractivity contribution in [2.24, 2.45) is 0 Å². The number of hydrogen-bond donors (Lipinski definition) is 1. The minimum atomic E-state index is -0.367. The van der Waals surface area contributed by atoms with Crippen LogP contribution in [0.3, 0.4) is 0 Å². The number of fused-ring (bicyclic) bond motifs is 1. The van der Waals surface area contributed by atoms with Crippen molar-refractivity contribution in [3.8, 4) is 0 Å². The summed E-state index contributed by atoms with van der Waals surface area (Å²) in [4.78, 5) is 17.5. The van der Waals surface area contributed by atoms with Crippen molar-refractivity contribution in [3.05, 3.63) is 88.1 Å². The molecule has 2 aliphatic rings. The topological polar surface area (TPSA) is 59.8 Å². The Balaban J connectivity index is 1.59. The fraction of sp³-hybridized carbons (Fsp3) is 0.190. The average molecular weight is 395 g/mol. The Morgan fingerprint density at radius 2 is 1.93 bits per heavy atom. The van der Waals surface area contributed by atoms with Crippen molar-refractivity contribution in [3.63, 3.8) is 0 Å². The third-order valence-electron chi connectivity index (χ3n) is 5.37. The van der Waals surface area contributed by atoms with Crippen LogP contribution in [-0.4, -0.2) is 20.5 Å². The Labute approximate surface area is 165 Å². The predicted molar refractivity (Wildman–Crippen MR) is 104 cm³/mol. The quantitative estimate of drug-likeness (QED) is 0.695. The van der Waals surface area contributed by atoms with Crippen molar-refractivity contribution < 1.29 is 9.18 Å². The van der Waals surface area contributed by atoms with Gasteiger partial charge in [-0.05, 0) is 47.7 Å². The van der Waals surface area contributed by atoms with E-state index in [2.05, 4.69) is 15.4 Å². The number of hydrogen-bond acceptors (Lipinski definition) is 4. The summed E-state index contributed by atoms with van der Waals surface area (Å²) in [6.07, 6.45) is 2.49. The van der Waals surface area contributed by atoms with Gasteiger partial charge in [0.05, 0.1) is 0 Å². The van der Waals surface area contributed by atoms with Gasteiger partial charge in [0.2, 0.25) is 5.95 Å². The maximum absolute atomic E-state index is 13.3. The fourth-order valence-electron chi connectivity index (χ4n) is 4.11. The first-order valence-electron chi connectivity index (χ1n) is 9.04. The third kappa shape index (κ3) is 2.81. The maximum Gasteiger partial charge on any atom is 0.226 e. The van der Waals surface area contributed by atoms with Crippen molar-refractivity contribution in [2.75, 3.05) is 5.32 Å². The maximum atomic E-state index is 13.3. The Kier molecular flexibility index (Phi) is 4.02. The second kappa shape index (κ2) is 6.56. The first-order valence-corrected chi connectivity index (χ1v) is 9.41. The molecule has 0 saturated heterocycles. The molecule has 7 heteroatoms. The van der Waals surface area contributed by atoms with Crippen LogP contribution in [0.5, 0.6) is 0 Å². The molecule has 0 unspecified atom stereocenters. The monoisotopic (exact) mass is 394 g/mol. The zero-order chi connectivity index (χ0) is 19.3. The summed E-state index contributed by atoms with van der Waals surface area (Å²) in [5.74, 6) is 0.356. The van der Waals surface area contributed by atoms with E-state index in [1.807, 2.05) is 18.2 Å². The SMILES string of the molecule is O=C1C[C@H](c2ccc(F)cc2)CC2=C1[C@H](c1cccc(Cl)c1)n1ncnc1N2. The van der Waals surface area contributed by atoms with Gasteiger partial charge < -0.3 is 5.32 Å². The van der Waals surface area contributed by atoms with Crippen LogP contribution in [0.2, 0.25) is 5.02 Å². The summed E-state index contributed by atoms with van der Waals surface area (Å²) in [7, 11) is 0. The van der Waals surface area contributed by atoms with E-state index in [0.717, 1.165) is 16.8 Å². The van der Waals surface area contributed by atoms with E-state index >= 15 is 0 Å². The van der Waals surface area contributed by atoms with E-state index in [9.17, 15) is 9.18 Å². The van der Waals surface area contributed by atoms with Gasteiger partial charge in [-0.3, -0.25) is 4.79 Å². The Bertz CT molecular complexity index is 1110. The van der Waals surface area contributed by atoms with Crippen LogP contribution < -0.4 is 5.32 Å². The number of carbonyl (C=O) groups is 1. The van der Waals surface area contributed by atoms with Gasteiger partial charge >= 0.3 is 0 Å². The normalized spacial score (nSPS) is 21.1. The predicted octanol–water partition coefficient (Wildman–Crippen LogP) is 4.49. The smallest absolute Gasteiger partial charge is 0.226 e. The van der Waals surface area contributed by atoms with Gasteiger partial charge in [-0.25, -0.2) is 9.07 Å². The van der Waals surface area contributed by atoms with Gasteiger partial charge in [0.25, 0.3) is 0 Å². The summed E-state index contributed by atoms with van der Waals surface area (Å²) in [6, 6.07) is 13.5. The number of nitrogens with one attached hydrogen (secondary N) is 1. The fourth-order valence-corrected chi connectivity index (χ4v) is 4.31. The van der Waals surface area contributed by atoms with E-state index < -0.39 is 0 Å². The highest BCUT2D eigenvalue weighted by atomic mass is 35.5. The molecule has 28 heavy (non-hydrogen) atoms. The lowest BCUT2D eigenvalue weighted by Crippen LogP contribution is -2.33. The molecule has 3 aromatic rings. The molecule has 1 aliphatic carbocycles. The van der Waals surface area contributed by atoms with Crippen molar-refractivity contribution >= 4 is 23.3 Å². The van der Waals surface area contributed by atoms with Crippen LogP contribution in [0, 0.1) is 5.82 Å². The molecule has 0 radical (unpaired) electrons. The molecular formula is C21H16ClFN4O. The number of halogens is 2. The first kappa shape index (κ1) is 17.1. The van der Waals surface area contributed by atoms with Crippen molar-refractivity contribution in [1.82, 2.24) is 14.8 Å². The molecule has 1 aromatic heterocycles. The Hall–Kier alpha value is -2.99. The number of aromatic nitrogens is 3. The van der Waals surface area contributed by atoms with Crippen LogP contribution in [0.4, 0.5) is 10.3 Å². The number of ketones is 1. The Morgan fingerprint density at radius 3 is 2.71 bits per heavy atom. The molecule has 2 heterocycles. The number of allylic oxidation sites excluding steroid dienone is 2. The standard InChI is InChI=1S/C21H16ClFN4O/c22-15-3-1-2-13(8-15)20-19-17(26-21-24-11-25-27(20)21)9-14(10-18(19)28)12-4-6-16(23)7-5-12/h1-8,11,14,20H,9-10H2,(H,24,25,26)/t14-,20+/m1/s1. The van der Waals surface area contributed by atoms with E-state index in [0.29, 0.717) is 29.4 Å². The van der Waals surface area contributed by atoms with Gasteiger partial charge in [-0.2, -0.15) is 10.1 Å². The lowest BCUT2D eigenvalue weighted by molar-refractivity contribution is -0.116. The highest BCUT2D eigenvalue weighted by molar-refractivity contribution is 6.30. The summed E-state index contributed by atoms with van der Waals surface area (Å²) >= 11 is 6.20. The molecule has 5 rings (SSSR count). The second-order valence-corrected chi connectivity index (χ2v) is 7.52. The number of Topliss-reactive ketones (excluding diaryl/α,β-unsaturated/α-hetero) is 1. The van der Waals surface area contributed by atoms with Crippen molar-refractivity contribution in [1.29, 1.82) is 0 Å². The van der Waals surface area contributed by atoms with Crippen LogP contribution >= 0.6 is 11.6 Å². The van der Waals surface area contributed by atoms with Crippen molar-refractivity contribution in [2.45, 2.75) is 24.8 Å². The molecule has 1 N–H and O–H groups in total. The van der Waals surface area contributed by atoms with E-state index in [1.165, 1.54) is 18.5 Å². The number of carbonyl (C=O) groups excluding carboxylic acids is 1. The summed E-state index contributed by atoms with van der Waals surface area (Å²) in [6.45, 7) is 0. The third-order valence-corrected chi connectivity index (χ3v) is 5.60. The van der Waals surface area contributed by atoms with Gasteiger partial charge in [0, 0.05) is 22.7 Å². The van der Waals surface area contributed by atoms with Crippen LogP contribution in [0.15, 0.2) is 66.1 Å². The molecule has 1 aliphatic heterocycles. The molecule has 0 spiro atoms. The molecule has 140 valence electrons. The van der Waals surface area contributed by atoms with Crippen LogP contribution in [0.1, 0.15) is 35.9 Å². The molecule has 5 nitrogen and oxygen atoms in total. The minimum Gasteiger partial charge on any atom is -0.328 e. The van der Waals surface area contributed by atoms with Gasteiger partial charge in [-0.1, -0.05) is 35.9 Å². The number of nitrogens with zero attached hydrogens (tertiary/aromatic N) is 3. The zero-order valence-corrected chi connectivity index (χ0v) is 15.5. The first-order chi connectivity index (χ1) is 13.6. The zero-order valence-electron chi connectivity index (χ0n) is 14.8. The van der Waals surface area contributed by atoms with E-state index in [4.69, 9.17) is 11.6 Å². The number of benzene rings is 2. The van der Waals surface area contributed by atoms with Gasteiger partial charge in [-0.15, -0.1) is 0 Å². The lowest BCUT2D eigenvalue weighted by atomic mass is 9.78. The number of rotatable bonds is 2. The average Bonchev–Trinajstić information content (AvgIpc) is 3.15. The summed E-state index contributed by atoms with van der Waals surface area (Å²) in [5, 5.41) is 8.21. The molecule has 0 saturated carbocycles. The van der Waals surface area contributed by atoms with Gasteiger partial charge in [0.15, 0.2) is 5.78 Å². The van der Waals surface area contributed by atoms with Crippen LogP contribution in [0.25, 0.3) is 0 Å². The largest absolute Gasteiger partial charge is 0.328 e. The molecule has 0 fully saturated rings. The van der Waals surface area contributed by atoms with Gasteiger partial charge in [0.1, 0.15) is 18.2 Å². The highest BCUT2D eigenvalue weighted by Crippen LogP contribution is 2.44. The van der Waals surface area contributed by atoms with E-state index in [1.54, 1.807) is 22.9 Å². The molecule has 0 amide bonds. The number of anilines is 1. The molecule has 0 bridgehead atoms. The minimum absolute atomic E-state index is 0.00571. The Morgan fingerprint density at radius 1 is 1.11 bits per heavy atom. The van der Waals surface area contributed by atoms with E-state index in [-0.39, 0.29) is 23.6 Å². The summed E-state index contributed by atoms with van der Waals surface area (Å²) < 4.78 is 15.0. The summed E-state index contributed by atoms with van der Waals surface area (Å²) in [5.41, 5.74) is 3.38. The molecular weight excluding hydrogens is 379 g/mol. The lowest BCUT2D eigenvalue weighted by Gasteiger charge is -2.35. The molecule has 2 aromatic carbocycles. The van der Waals surface area contributed by atoms with Crippen LogP contribution in [-0.2, 0) is 4.79 Å².